The molecule has 0 bridgehead atoms. The second kappa shape index (κ2) is 10.1. The van der Waals surface area contributed by atoms with Gasteiger partial charge in [0.05, 0.1) is 11.8 Å². The average Bonchev–Trinajstić information content (AvgIpc) is 3.55. The lowest BCUT2D eigenvalue weighted by Crippen LogP contribution is -2.30. The smallest absolute Gasteiger partial charge is 0.263 e. The fraction of sp³-hybridized carbons (Fsp3) is 0.500. The summed E-state index contributed by atoms with van der Waals surface area (Å²) < 4.78 is 7.54. The second-order valence-electron chi connectivity index (χ2n) is 9.50. The Labute approximate surface area is 204 Å². The van der Waals surface area contributed by atoms with E-state index >= 15 is 0 Å². The maximum Gasteiger partial charge on any atom is 0.263 e. The molecule has 1 N–H and O–H groups in total. The van der Waals surface area contributed by atoms with Crippen LogP contribution in [0.5, 0.6) is 5.75 Å². The maximum atomic E-state index is 13.3. The topological polar surface area (TPSA) is 102 Å². The highest BCUT2D eigenvalue weighted by molar-refractivity contribution is 5.99. The molecule has 0 unspecified atom stereocenters. The quantitative estimate of drug-likeness (QED) is 0.486. The molecular weight excluding hydrogens is 444 g/mol. The number of hydrogen-bond donors (Lipinski definition) is 1. The van der Waals surface area contributed by atoms with Gasteiger partial charge < -0.3 is 10.1 Å². The van der Waals surface area contributed by atoms with Crippen molar-refractivity contribution in [3.63, 3.8) is 0 Å². The lowest BCUT2D eigenvalue weighted by atomic mass is 10.0. The van der Waals surface area contributed by atoms with E-state index in [1.165, 1.54) is 19.8 Å². The van der Waals surface area contributed by atoms with E-state index in [-0.39, 0.29) is 22.9 Å². The molecule has 3 aromatic rings. The number of carbonyl (C=O) groups is 1. The number of rotatable bonds is 8. The number of carbonyl (C=O) groups excluding carboxylic acids is 1. The molecule has 1 saturated carbocycles. The molecule has 0 spiro atoms. The summed E-state index contributed by atoms with van der Waals surface area (Å²) in [4.78, 5) is 41.6. The lowest BCUT2D eigenvalue weighted by Gasteiger charge is -2.19. The number of likely N-dealkylation sites (tertiary alicyclic amines) is 1. The van der Waals surface area contributed by atoms with Gasteiger partial charge >= 0.3 is 0 Å². The van der Waals surface area contributed by atoms with Crippen molar-refractivity contribution < 1.29 is 9.53 Å². The van der Waals surface area contributed by atoms with Crippen LogP contribution in [0.3, 0.4) is 0 Å². The van der Waals surface area contributed by atoms with E-state index < -0.39 is 0 Å². The van der Waals surface area contributed by atoms with E-state index in [9.17, 15) is 9.59 Å². The Kier molecular flexibility index (Phi) is 6.77. The number of fused-ring (bicyclic) bond motifs is 1. The van der Waals surface area contributed by atoms with Crippen LogP contribution in [0.2, 0.25) is 0 Å². The predicted molar refractivity (Wildman–Crippen MR) is 135 cm³/mol. The van der Waals surface area contributed by atoms with Gasteiger partial charge in [-0.05, 0) is 70.3 Å². The fourth-order valence-corrected chi connectivity index (χ4v) is 5.26. The van der Waals surface area contributed by atoms with Gasteiger partial charge in [0.1, 0.15) is 23.8 Å². The fourth-order valence-electron chi connectivity index (χ4n) is 5.26. The highest BCUT2D eigenvalue weighted by atomic mass is 16.5. The Morgan fingerprint density at radius 2 is 1.89 bits per heavy atom. The number of aryl methyl sites for hydroxylation is 1. The Morgan fingerprint density at radius 3 is 2.57 bits per heavy atom. The van der Waals surface area contributed by atoms with Gasteiger partial charge in [-0.1, -0.05) is 12.8 Å². The number of aromatic nitrogens is 4. The minimum absolute atomic E-state index is 0.0431. The Balaban J connectivity index is 1.38. The van der Waals surface area contributed by atoms with Gasteiger partial charge in [-0.25, -0.2) is 9.97 Å². The molecule has 0 aromatic carbocycles. The highest BCUT2D eigenvalue weighted by Gasteiger charge is 2.25. The molecule has 4 heterocycles. The van der Waals surface area contributed by atoms with Crippen LogP contribution >= 0.6 is 0 Å². The van der Waals surface area contributed by atoms with Crippen LogP contribution in [-0.2, 0) is 0 Å². The first-order valence-corrected chi connectivity index (χ1v) is 12.5. The summed E-state index contributed by atoms with van der Waals surface area (Å²) in [6.07, 6.45) is 9.85. The predicted octanol–water partition coefficient (Wildman–Crippen LogP) is 4.03. The zero-order valence-corrected chi connectivity index (χ0v) is 20.4. The summed E-state index contributed by atoms with van der Waals surface area (Å²) in [5.74, 6) is 1.43. The molecule has 1 aliphatic heterocycles. The number of hydrogen-bond acceptors (Lipinski definition) is 8. The van der Waals surface area contributed by atoms with E-state index in [1.54, 1.807) is 23.9 Å². The molecule has 0 radical (unpaired) electrons. The van der Waals surface area contributed by atoms with E-state index in [2.05, 4.69) is 20.2 Å². The first kappa shape index (κ1) is 23.4. The average molecular weight is 477 g/mol. The minimum Gasteiger partial charge on any atom is -0.491 e. The van der Waals surface area contributed by atoms with Gasteiger partial charge in [0.25, 0.3) is 5.56 Å². The number of nitrogens with one attached hydrogen (secondary N) is 1. The third-order valence-corrected chi connectivity index (χ3v) is 7.10. The molecule has 3 aromatic heterocycles. The van der Waals surface area contributed by atoms with Gasteiger partial charge in [-0.3, -0.25) is 19.1 Å². The summed E-state index contributed by atoms with van der Waals surface area (Å²) in [6.45, 7) is 7.11. The van der Waals surface area contributed by atoms with Crippen LogP contribution in [0, 0.1) is 6.92 Å². The highest BCUT2D eigenvalue weighted by Crippen LogP contribution is 2.32. The number of anilines is 2. The van der Waals surface area contributed by atoms with Crippen molar-refractivity contribution >= 4 is 28.6 Å². The van der Waals surface area contributed by atoms with Crippen molar-refractivity contribution in [2.24, 2.45) is 0 Å². The summed E-state index contributed by atoms with van der Waals surface area (Å²) in [6, 6.07) is 3.74. The number of pyridine rings is 2. The summed E-state index contributed by atoms with van der Waals surface area (Å²) >= 11 is 0. The molecule has 184 valence electrons. The first-order valence-electron chi connectivity index (χ1n) is 12.5. The van der Waals surface area contributed by atoms with Gasteiger partial charge in [0.2, 0.25) is 5.95 Å². The minimum atomic E-state index is -0.257. The zero-order valence-electron chi connectivity index (χ0n) is 20.4. The van der Waals surface area contributed by atoms with Crippen molar-refractivity contribution in [1.29, 1.82) is 0 Å². The first-order chi connectivity index (χ1) is 17.0. The maximum absolute atomic E-state index is 13.3. The Bertz CT molecular complexity index is 1270. The molecule has 2 fully saturated rings. The number of Topliss-reactive ketones (excluding diaryl/α,β-unsaturated/α-hetero) is 1. The summed E-state index contributed by atoms with van der Waals surface area (Å²) in [5, 5.41) is 3.86. The van der Waals surface area contributed by atoms with Crippen LogP contribution < -0.4 is 15.6 Å². The largest absolute Gasteiger partial charge is 0.491 e. The molecule has 9 heteroatoms. The van der Waals surface area contributed by atoms with E-state index in [0.717, 1.165) is 56.5 Å². The summed E-state index contributed by atoms with van der Waals surface area (Å²) in [7, 11) is 0. The normalized spacial score (nSPS) is 16.7. The Morgan fingerprint density at radius 1 is 1.11 bits per heavy atom. The molecule has 9 nitrogen and oxygen atoms in total. The number of ketones is 1. The van der Waals surface area contributed by atoms with Gasteiger partial charge in [-0.15, -0.1) is 0 Å². The SMILES string of the molecule is CC(=O)c1c(C)c2cnc(Nc3ccc(OCCN4CCCC4)cn3)nc2n(C2CCCC2)c1=O. The molecule has 1 aliphatic carbocycles. The van der Waals surface area contributed by atoms with E-state index in [4.69, 9.17) is 9.72 Å². The number of nitrogens with zero attached hydrogens (tertiary/aromatic N) is 5. The molecule has 0 atom stereocenters. The van der Waals surface area contributed by atoms with Crippen LogP contribution in [0.15, 0.2) is 29.3 Å². The zero-order chi connectivity index (χ0) is 24.4. The lowest BCUT2D eigenvalue weighted by molar-refractivity contribution is 0.101. The van der Waals surface area contributed by atoms with Gasteiger partial charge in [0.15, 0.2) is 5.78 Å². The summed E-state index contributed by atoms with van der Waals surface area (Å²) in [5.41, 5.74) is 1.17. The molecular formula is C26H32N6O3. The third kappa shape index (κ3) is 4.91. The van der Waals surface area contributed by atoms with Crippen LogP contribution in [0.1, 0.15) is 67.4 Å². The monoisotopic (exact) mass is 476 g/mol. The third-order valence-electron chi connectivity index (χ3n) is 7.10. The van der Waals surface area contributed by atoms with E-state index in [0.29, 0.717) is 29.6 Å². The van der Waals surface area contributed by atoms with Crippen molar-refractivity contribution in [3.8, 4) is 5.75 Å². The molecule has 35 heavy (non-hydrogen) atoms. The molecule has 5 rings (SSSR count). The van der Waals surface area contributed by atoms with Crippen molar-refractivity contribution in [2.45, 2.75) is 58.4 Å². The van der Waals surface area contributed by atoms with Crippen LogP contribution in [-0.4, -0.2) is 56.4 Å². The van der Waals surface area contributed by atoms with Crippen molar-refractivity contribution in [2.75, 3.05) is 31.6 Å². The number of ether oxygens (including phenoxy) is 1. The van der Waals surface area contributed by atoms with Crippen molar-refractivity contribution in [3.05, 3.63) is 46.0 Å². The Hall–Kier alpha value is -3.33. The molecule has 2 aliphatic rings. The van der Waals surface area contributed by atoms with Crippen molar-refractivity contribution in [1.82, 2.24) is 24.4 Å². The van der Waals surface area contributed by atoms with Gasteiger partial charge in [0, 0.05) is 24.2 Å². The van der Waals surface area contributed by atoms with Crippen LogP contribution in [0.25, 0.3) is 11.0 Å². The van der Waals surface area contributed by atoms with E-state index in [1.807, 2.05) is 12.1 Å². The van der Waals surface area contributed by atoms with Gasteiger partial charge in [-0.2, -0.15) is 4.98 Å². The molecule has 1 saturated heterocycles. The second-order valence-corrected chi connectivity index (χ2v) is 9.50. The standard InChI is InChI=1S/C26H32N6O3/c1-17-21-16-28-26(29-22-10-9-20(15-27-22)35-14-13-31-11-5-6-12-31)30-24(21)32(19-7-3-4-8-19)25(34)23(17)18(2)33/h9-10,15-16,19H,3-8,11-14H2,1-2H3,(H,27,28,29,30). The van der Waals surface area contributed by atoms with Crippen LogP contribution in [0.4, 0.5) is 11.8 Å². The molecule has 0 amide bonds.